The van der Waals surface area contributed by atoms with Crippen LogP contribution in [0.4, 0.5) is 0 Å². The number of hydrogen-bond donors (Lipinski definition) is 1. The minimum atomic E-state index is -3.95. The number of aromatic nitrogens is 2. The van der Waals surface area contributed by atoms with E-state index in [1.54, 1.807) is 19.1 Å². The number of benzene rings is 1. The number of pyridine rings is 1. The first-order valence-electron chi connectivity index (χ1n) is 18.2. The molecule has 3 heterocycles. The van der Waals surface area contributed by atoms with Crippen molar-refractivity contribution in [2.24, 2.45) is 17.8 Å². The van der Waals surface area contributed by atoms with Crippen molar-refractivity contribution in [3.8, 4) is 22.2 Å². The van der Waals surface area contributed by atoms with Crippen molar-refractivity contribution >= 4 is 50.0 Å². The third-order valence-electron chi connectivity index (χ3n) is 10.9. The predicted octanol–water partition coefficient (Wildman–Crippen LogP) is 3.04. The molecule has 2 aromatic heterocycles. The molecule has 3 saturated carbocycles. The van der Waals surface area contributed by atoms with Crippen LogP contribution in [0.1, 0.15) is 82.4 Å². The van der Waals surface area contributed by atoms with Crippen LogP contribution in [0.5, 0.6) is 11.5 Å². The van der Waals surface area contributed by atoms with Gasteiger partial charge >= 0.3 is 29.6 Å². The number of hydrogen-bond acceptors (Lipinski definition) is 10. The van der Waals surface area contributed by atoms with Gasteiger partial charge in [-0.1, -0.05) is 26.0 Å². The van der Waals surface area contributed by atoms with Crippen LogP contribution < -0.4 is 44.3 Å². The van der Waals surface area contributed by atoms with E-state index < -0.39 is 50.6 Å². The molecule has 0 bridgehead atoms. The van der Waals surface area contributed by atoms with Gasteiger partial charge in [-0.05, 0) is 76.3 Å². The maximum Gasteiger partial charge on any atom is 1.00 e. The van der Waals surface area contributed by atoms with Gasteiger partial charge in [0.15, 0.2) is 0 Å². The van der Waals surface area contributed by atoms with E-state index in [1.165, 1.54) is 11.3 Å². The molecule has 4 aliphatic rings. The largest absolute Gasteiger partial charge is 1.00 e. The monoisotopic (exact) mass is 771 g/mol. The average molecular weight is 772 g/mol. The third-order valence-corrected chi connectivity index (χ3v) is 13.5. The second-order valence-electron chi connectivity index (χ2n) is 15.0. The van der Waals surface area contributed by atoms with Gasteiger partial charge in [-0.3, -0.25) is 9.59 Å². The summed E-state index contributed by atoms with van der Waals surface area (Å²) in [6.45, 7) is 6.68. The standard InChI is InChI=1S/C38H47N5O7S2.Na/c1-21(2)30-20-51-35(40-30)29-18-32(26-13-14-31(49-5)22(3)33(26)39-29)50-24-16-27-28(17-24)36(45)43(4)15-9-7-6-8-10-23-19-38(23,41-34(27)44)37(46)42-52(47,48)25-11-12-25;/h8,10,13-14,18,20-21,23-25,27-28H,6-7,9,11-12,15-17,19H2,1-5H3,(H2,41,42,44,46);/q;+1/p-1/t23-,24?,27-,28-,38+;/m0./s1. The Bertz CT molecular complexity index is 2050. The number of ether oxygens (including phenoxy) is 2. The van der Waals surface area contributed by atoms with Gasteiger partial charge in [-0.2, -0.15) is 0 Å². The predicted molar refractivity (Wildman–Crippen MR) is 199 cm³/mol. The van der Waals surface area contributed by atoms with Crippen molar-refractivity contribution < 1.29 is 61.8 Å². The third kappa shape index (κ3) is 8.03. The van der Waals surface area contributed by atoms with Crippen LogP contribution in [0.3, 0.4) is 0 Å². The summed E-state index contributed by atoms with van der Waals surface area (Å²) >= 11 is 1.51. The Kier molecular flexibility index (Phi) is 11.7. The summed E-state index contributed by atoms with van der Waals surface area (Å²) in [4.78, 5) is 53.4. The molecular formula is C38H46N5NaO7S2. The number of rotatable bonds is 8. The molecule has 3 amide bonds. The quantitative estimate of drug-likeness (QED) is 0.269. The van der Waals surface area contributed by atoms with E-state index in [1.807, 2.05) is 42.7 Å². The summed E-state index contributed by atoms with van der Waals surface area (Å²) < 4.78 is 41.5. The molecule has 1 aliphatic heterocycles. The van der Waals surface area contributed by atoms with E-state index in [0.29, 0.717) is 42.1 Å². The number of thiazole rings is 1. The Morgan fingerprint density at radius 1 is 1.11 bits per heavy atom. The maximum atomic E-state index is 14.3. The molecule has 3 aromatic rings. The number of carbonyl (C=O) groups is 3. The second kappa shape index (κ2) is 15.6. The summed E-state index contributed by atoms with van der Waals surface area (Å²) in [5.41, 5.74) is 1.73. The van der Waals surface area contributed by atoms with Crippen LogP contribution >= 0.6 is 11.3 Å². The summed E-state index contributed by atoms with van der Waals surface area (Å²) in [6, 6.07) is 5.65. The first-order chi connectivity index (χ1) is 24.8. The van der Waals surface area contributed by atoms with Crippen molar-refractivity contribution in [1.82, 2.24) is 20.2 Å². The minimum Gasteiger partial charge on any atom is -0.544 e. The van der Waals surface area contributed by atoms with Crippen molar-refractivity contribution in [3.63, 3.8) is 0 Å². The molecule has 3 fully saturated rings. The summed E-state index contributed by atoms with van der Waals surface area (Å²) in [6.07, 6.45) is 7.44. The molecule has 1 unspecified atom stereocenters. The number of allylic oxidation sites excluding steroid dienone is 1. The maximum absolute atomic E-state index is 14.3. The minimum absolute atomic E-state index is 0. The molecule has 0 spiro atoms. The fraction of sp³-hybridized carbons (Fsp3) is 0.553. The van der Waals surface area contributed by atoms with Crippen molar-refractivity contribution in [3.05, 3.63) is 51.7 Å². The van der Waals surface area contributed by atoms with Gasteiger partial charge in [0.2, 0.25) is 11.8 Å². The topological polar surface area (TPSA) is 159 Å². The second-order valence-corrected chi connectivity index (χ2v) is 17.8. The van der Waals surface area contributed by atoms with Crippen LogP contribution in [-0.2, 0) is 24.4 Å². The average Bonchev–Trinajstić information content (AvgIpc) is 3.98. The molecule has 12 nitrogen and oxygen atoms in total. The first kappa shape index (κ1) is 39.6. The molecule has 5 atom stereocenters. The van der Waals surface area contributed by atoms with E-state index in [-0.39, 0.29) is 66.6 Å². The van der Waals surface area contributed by atoms with E-state index in [0.717, 1.165) is 40.9 Å². The molecule has 0 radical (unpaired) electrons. The Hall–Kier alpha value is -3.04. The zero-order chi connectivity index (χ0) is 36.9. The van der Waals surface area contributed by atoms with E-state index in [9.17, 15) is 22.8 Å². The first-order valence-corrected chi connectivity index (χ1v) is 20.5. The number of methoxy groups -OCH3 is 1. The normalized spacial score (nSPS) is 26.3. The van der Waals surface area contributed by atoms with Crippen LogP contribution in [0.2, 0.25) is 0 Å². The zero-order valence-corrected chi connectivity index (χ0v) is 34.9. The smallest absolute Gasteiger partial charge is 0.544 e. The summed E-state index contributed by atoms with van der Waals surface area (Å²) in [5.74, 6) is -1.85. The molecule has 1 aromatic carbocycles. The number of amides is 3. The molecular weight excluding hydrogens is 726 g/mol. The van der Waals surface area contributed by atoms with Crippen LogP contribution in [-0.4, -0.2) is 78.6 Å². The van der Waals surface area contributed by atoms with Gasteiger partial charge in [0.25, 0.3) is 0 Å². The van der Waals surface area contributed by atoms with Crippen LogP contribution in [0.15, 0.2) is 35.7 Å². The SMILES string of the molecule is COc1ccc2c(OC3C[C@@H]4C(=O)N[C@]5(C(=O)[N-]S(=O)(=O)C6CC6)C[C@@H]5C=CCCCCN(C)C(=O)[C@H]4C3)cc(-c3nc(C(C)C)cs3)nc2c1C.[Na+]. The number of carbonyl (C=O) groups excluding carboxylic acids is 3. The number of fused-ring (bicyclic) bond motifs is 3. The van der Waals surface area contributed by atoms with Gasteiger partial charge in [0.1, 0.15) is 28.3 Å². The number of aryl methyl sites for hydroxylation is 1. The van der Waals surface area contributed by atoms with Gasteiger partial charge in [-0.15, -0.1) is 11.3 Å². The Morgan fingerprint density at radius 3 is 2.57 bits per heavy atom. The van der Waals surface area contributed by atoms with E-state index in [2.05, 4.69) is 23.9 Å². The number of nitrogens with zero attached hydrogens (tertiary/aromatic N) is 4. The van der Waals surface area contributed by atoms with Gasteiger partial charge in [0.05, 0.1) is 51.6 Å². The Balaban J connectivity index is 0.00000481. The van der Waals surface area contributed by atoms with E-state index >= 15 is 0 Å². The van der Waals surface area contributed by atoms with Crippen molar-refractivity contribution in [2.75, 3.05) is 20.7 Å². The van der Waals surface area contributed by atoms with Crippen molar-refractivity contribution in [2.45, 2.75) is 94.9 Å². The Morgan fingerprint density at radius 2 is 1.87 bits per heavy atom. The fourth-order valence-corrected chi connectivity index (χ4v) is 9.70. The molecule has 7 rings (SSSR count). The fourth-order valence-electron chi connectivity index (χ4n) is 7.48. The zero-order valence-electron chi connectivity index (χ0n) is 31.3. The van der Waals surface area contributed by atoms with E-state index in [4.69, 9.17) is 19.4 Å². The summed E-state index contributed by atoms with van der Waals surface area (Å²) in [5, 5.41) is 5.85. The van der Waals surface area contributed by atoms with Gasteiger partial charge < -0.3 is 29.2 Å². The molecule has 3 aliphatic carbocycles. The van der Waals surface area contributed by atoms with Crippen molar-refractivity contribution in [1.29, 1.82) is 0 Å². The van der Waals surface area contributed by atoms with Crippen LogP contribution in [0.25, 0.3) is 26.3 Å². The summed E-state index contributed by atoms with van der Waals surface area (Å²) in [7, 11) is -0.577. The molecule has 15 heteroatoms. The number of sulfonamides is 1. The molecule has 278 valence electrons. The van der Waals surface area contributed by atoms with Crippen LogP contribution in [0, 0.1) is 24.7 Å². The Labute approximate surface area is 337 Å². The van der Waals surface area contributed by atoms with Gasteiger partial charge in [0, 0.05) is 47.2 Å². The molecule has 1 N–H and O–H groups in total. The number of nitrogens with one attached hydrogen (secondary N) is 1. The molecule has 0 saturated heterocycles. The molecule has 53 heavy (non-hydrogen) atoms. The van der Waals surface area contributed by atoms with Gasteiger partial charge in [-0.25, -0.2) is 18.4 Å².